The Morgan fingerprint density at radius 2 is 1.76 bits per heavy atom. The summed E-state index contributed by atoms with van der Waals surface area (Å²) in [6.45, 7) is 13.6. The quantitative estimate of drug-likeness (QED) is 0.487. The van der Waals surface area contributed by atoms with Gasteiger partial charge in [0.2, 0.25) is 5.91 Å². The summed E-state index contributed by atoms with van der Waals surface area (Å²) in [7, 11) is 1.49. The molecule has 37 heavy (non-hydrogen) atoms. The summed E-state index contributed by atoms with van der Waals surface area (Å²) in [6, 6.07) is 2.27. The van der Waals surface area contributed by atoms with Gasteiger partial charge in [-0.1, -0.05) is 47.6 Å². The fourth-order valence-electron chi connectivity index (χ4n) is 10.7. The van der Waals surface area contributed by atoms with Gasteiger partial charge in [-0.3, -0.25) is 14.4 Å². The molecule has 4 fully saturated rings. The van der Waals surface area contributed by atoms with Crippen LogP contribution >= 0.6 is 0 Å². The zero-order valence-corrected chi connectivity index (χ0v) is 23.8. The van der Waals surface area contributed by atoms with E-state index in [0.717, 1.165) is 44.9 Å². The normalized spacial score (nSPS) is 50.4. The molecule has 6 heteroatoms. The van der Waals surface area contributed by atoms with Crippen molar-refractivity contribution in [3.05, 3.63) is 11.6 Å². The summed E-state index contributed by atoms with van der Waals surface area (Å²) < 4.78 is 0. The van der Waals surface area contributed by atoms with Crippen molar-refractivity contribution in [2.75, 3.05) is 7.11 Å². The summed E-state index contributed by atoms with van der Waals surface area (Å²) in [4.78, 5) is 33.1. The Bertz CT molecular complexity index is 1080. The summed E-state index contributed by atoms with van der Waals surface area (Å²) in [6.07, 6.45) is 8.07. The molecule has 2 N–H and O–H groups in total. The van der Waals surface area contributed by atoms with Crippen LogP contribution in [0.3, 0.4) is 0 Å². The largest absolute Gasteiger partial charge is 0.387 e. The minimum atomic E-state index is -0.728. The van der Waals surface area contributed by atoms with Crippen LogP contribution in [-0.4, -0.2) is 30.0 Å². The molecule has 1 amide bonds. The van der Waals surface area contributed by atoms with Gasteiger partial charge in [0.25, 0.3) is 0 Å². The average Bonchev–Trinajstić information content (AvgIpc) is 2.82. The molecule has 5 aliphatic carbocycles. The molecule has 5 rings (SSSR count). The van der Waals surface area contributed by atoms with Crippen molar-refractivity contribution < 1.29 is 19.5 Å². The van der Waals surface area contributed by atoms with Gasteiger partial charge in [-0.05, 0) is 90.3 Å². The third kappa shape index (κ3) is 3.42. The first kappa shape index (κ1) is 26.9. The lowest BCUT2D eigenvalue weighted by atomic mass is 9.32. The van der Waals surface area contributed by atoms with Crippen LogP contribution in [0.5, 0.6) is 0 Å². The lowest BCUT2D eigenvalue weighted by Gasteiger charge is -2.71. The smallest absolute Gasteiger partial charge is 0.250 e. The number of nitrogens with zero attached hydrogens (tertiary/aromatic N) is 1. The lowest BCUT2D eigenvalue weighted by Crippen LogP contribution is -2.69. The van der Waals surface area contributed by atoms with Gasteiger partial charge in [0.1, 0.15) is 5.78 Å². The summed E-state index contributed by atoms with van der Waals surface area (Å²) in [5.74, 6) is 0.441. The van der Waals surface area contributed by atoms with E-state index in [4.69, 9.17) is 4.84 Å². The Kier molecular flexibility index (Phi) is 6.10. The van der Waals surface area contributed by atoms with Gasteiger partial charge in [-0.25, -0.2) is 5.48 Å². The maximum absolute atomic E-state index is 14.4. The molecule has 0 aromatic carbocycles. The SMILES string of the molecule is CONC(=O)[C@]12CCC(C)(C)CC1C1C(=O)C[C@@H]3[C@@]4(C)C=C(C#N)C(O)[C@@H](C)[C@@H]4CC[C@@]3(C)[C@]1(C)CC2. The predicted octanol–water partition coefficient (Wildman–Crippen LogP) is 5.37. The van der Waals surface area contributed by atoms with Crippen LogP contribution in [0.4, 0.5) is 0 Å². The second-order valence-corrected chi connectivity index (χ2v) is 14.8. The van der Waals surface area contributed by atoms with Crippen LogP contribution in [0.1, 0.15) is 92.9 Å². The number of ketones is 1. The Hall–Kier alpha value is -1.71. The fourth-order valence-corrected chi connectivity index (χ4v) is 10.7. The van der Waals surface area contributed by atoms with Gasteiger partial charge in [-0.15, -0.1) is 0 Å². The Morgan fingerprint density at radius 1 is 1.08 bits per heavy atom. The molecule has 0 bridgehead atoms. The molecule has 0 aromatic rings. The molecular formula is C31H46N2O4. The van der Waals surface area contributed by atoms with E-state index >= 15 is 0 Å². The number of rotatable bonds is 2. The highest BCUT2D eigenvalue weighted by atomic mass is 16.6. The second-order valence-electron chi connectivity index (χ2n) is 14.8. The topological polar surface area (TPSA) is 99.4 Å². The number of Topliss-reactive ketones (excluding diaryl/α,β-unsaturated/α-hetero) is 1. The highest BCUT2D eigenvalue weighted by Crippen LogP contribution is 2.75. The number of allylic oxidation sites excluding steroid dienone is 1. The number of carbonyl (C=O) groups excluding carboxylic acids is 2. The zero-order valence-electron chi connectivity index (χ0n) is 23.8. The summed E-state index contributed by atoms with van der Waals surface area (Å²) >= 11 is 0. The molecule has 10 atom stereocenters. The number of fused-ring (bicyclic) bond motifs is 7. The number of hydrogen-bond acceptors (Lipinski definition) is 5. The van der Waals surface area contributed by atoms with E-state index < -0.39 is 11.5 Å². The zero-order chi connectivity index (χ0) is 27.2. The molecule has 0 aromatic heterocycles. The number of amides is 1. The maximum Gasteiger partial charge on any atom is 0.250 e. The number of aliphatic hydroxyl groups is 1. The van der Waals surface area contributed by atoms with E-state index in [9.17, 15) is 20.0 Å². The highest BCUT2D eigenvalue weighted by Gasteiger charge is 2.72. The molecule has 5 aliphatic rings. The van der Waals surface area contributed by atoms with Crippen LogP contribution < -0.4 is 5.48 Å². The lowest BCUT2D eigenvalue weighted by molar-refractivity contribution is -0.222. The number of carbonyl (C=O) groups is 2. The molecule has 0 heterocycles. The second kappa shape index (κ2) is 8.39. The van der Waals surface area contributed by atoms with Crippen molar-refractivity contribution in [3.8, 4) is 6.07 Å². The highest BCUT2D eigenvalue weighted by molar-refractivity contribution is 5.88. The van der Waals surface area contributed by atoms with Crippen molar-refractivity contribution in [1.82, 2.24) is 5.48 Å². The van der Waals surface area contributed by atoms with E-state index in [1.54, 1.807) is 0 Å². The number of hydrogen-bond donors (Lipinski definition) is 2. The Morgan fingerprint density at radius 3 is 2.41 bits per heavy atom. The van der Waals surface area contributed by atoms with Gasteiger partial charge in [0.05, 0.1) is 30.3 Å². The van der Waals surface area contributed by atoms with E-state index in [0.29, 0.717) is 17.8 Å². The van der Waals surface area contributed by atoms with Crippen molar-refractivity contribution >= 4 is 11.7 Å². The first-order valence-corrected chi connectivity index (χ1v) is 14.4. The number of nitriles is 1. The molecule has 6 nitrogen and oxygen atoms in total. The van der Waals surface area contributed by atoms with Gasteiger partial charge < -0.3 is 5.11 Å². The monoisotopic (exact) mass is 510 g/mol. The minimum Gasteiger partial charge on any atom is -0.387 e. The third-order valence-corrected chi connectivity index (χ3v) is 13.0. The standard InChI is InChI=1S/C31H46N2O4/c1-18-20-8-9-29(5)23(28(20,4)15-19(17-32)25(18)35)14-22(34)24-21-16-27(2,3)10-12-31(21,26(36)33-37-7)13-11-30(24,29)6/h15,18,20-21,23-25,35H,8-14,16H2,1-7H3,(H,33,36)/t18-,20-,21?,23+,24?,25?,28-,29+,30+,31-/m0/s1. The molecule has 4 saturated carbocycles. The van der Waals surface area contributed by atoms with Gasteiger partial charge in [0.15, 0.2) is 0 Å². The van der Waals surface area contributed by atoms with Crippen molar-refractivity contribution in [2.45, 2.75) is 99.0 Å². The molecule has 3 unspecified atom stereocenters. The van der Waals surface area contributed by atoms with Crippen LogP contribution in [0.15, 0.2) is 11.6 Å². The van der Waals surface area contributed by atoms with Gasteiger partial charge in [0, 0.05) is 12.3 Å². The molecule has 204 valence electrons. The first-order chi connectivity index (χ1) is 17.2. The third-order valence-electron chi connectivity index (χ3n) is 13.0. The van der Waals surface area contributed by atoms with Crippen LogP contribution in [0.25, 0.3) is 0 Å². The number of aliphatic hydroxyl groups excluding tert-OH is 1. The molecule has 0 radical (unpaired) electrons. The predicted molar refractivity (Wildman–Crippen MR) is 140 cm³/mol. The molecular weight excluding hydrogens is 464 g/mol. The Balaban J connectivity index is 1.62. The van der Waals surface area contributed by atoms with Crippen LogP contribution in [0, 0.1) is 68.0 Å². The van der Waals surface area contributed by atoms with Crippen LogP contribution in [0.2, 0.25) is 0 Å². The first-order valence-electron chi connectivity index (χ1n) is 14.4. The van der Waals surface area contributed by atoms with Gasteiger partial charge in [-0.2, -0.15) is 5.26 Å². The molecule has 0 aliphatic heterocycles. The Labute approximate surface area is 222 Å². The summed E-state index contributed by atoms with van der Waals surface area (Å²) in [5, 5.41) is 20.7. The van der Waals surface area contributed by atoms with Crippen molar-refractivity contribution in [3.63, 3.8) is 0 Å². The maximum atomic E-state index is 14.4. The van der Waals surface area contributed by atoms with Gasteiger partial charge >= 0.3 is 0 Å². The van der Waals surface area contributed by atoms with Crippen LogP contribution in [-0.2, 0) is 14.4 Å². The van der Waals surface area contributed by atoms with E-state index in [2.05, 4.69) is 53.1 Å². The number of nitrogens with one attached hydrogen (secondary N) is 1. The number of hydroxylamine groups is 1. The molecule has 0 spiro atoms. The fraction of sp³-hybridized carbons (Fsp3) is 0.839. The molecule has 0 saturated heterocycles. The van der Waals surface area contributed by atoms with Crippen molar-refractivity contribution in [1.29, 1.82) is 5.26 Å². The summed E-state index contributed by atoms with van der Waals surface area (Å²) in [5.41, 5.74) is 2.02. The average molecular weight is 511 g/mol. The van der Waals surface area contributed by atoms with E-state index in [-0.39, 0.29) is 57.2 Å². The van der Waals surface area contributed by atoms with E-state index in [1.807, 2.05) is 6.08 Å². The van der Waals surface area contributed by atoms with E-state index in [1.165, 1.54) is 7.11 Å². The minimum absolute atomic E-state index is 0.00160. The van der Waals surface area contributed by atoms with Crippen molar-refractivity contribution in [2.24, 2.45) is 56.7 Å².